The number of benzene rings is 2. The first-order chi connectivity index (χ1) is 13.5. The van der Waals surface area contributed by atoms with Gasteiger partial charge in [-0.1, -0.05) is 24.3 Å². The molecule has 0 saturated carbocycles. The van der Waals surface area contributed by atoms with Crippen LogP contribution in [0.25, 0.3) is 11.1 Å². The first-order valence-corrected chi connectivity index (χ1v) is 9.61. The molecule has 1 fully saturated rings. The number of ether oxygens (including phenoxy) is 1. The Hall–Kier alpha value is -3.04. The van der Waals surface area contributed by atoms with E-state index in [1.54, 1.807) is 7.05 Å². The Kier molecular flexibility index (Phi) is 6.17. The smallest absolute Gasteiger partial charge is 0.451 e. The van der Waals surface area contributed by atoms with Crippen LogP contribution in [0.2, 0.25) is 0 Å². The van der Waals surface area contributed by atoms with Gasteiger partial charge in [-0.3, -0.25) is 0 Å². The van der Waals surface area contributed by atoms with Crippen LogP contribution in [-0.4, -0.2) is 54.1 Å². The van der Waals surface area contributed by atoms with Crippen molar-refractivity contribution >= 4 is 6.09 Å². The molecule has 1 aliphatic heterocycles. The minimum Gasteiger partial charge on any atom is -0.493 e. The van der Waals surface area contributed by atoms with E-state index in [1.807, 2.05) is 48.5 Å². The van der Waals surface area contributed by atoms with Crippen LogP contribution in [-0.2, 0) is 0 Å². The van der Waals surface area contributed by atoms with Crippen LogP contribution in [0.5, 0.6) is 5.75 Å². The Bertz CT molecular complexity index is 835. The number of likely N-dealkylation sites (tertiary alicyclic amines) is 1. The van der Waals surface area contributed by atoms with Crippen molar-refractivity contribution in [3.8, 4) is 22.9 Å². The molecule has 0 aromatic heterocycles. The summed E-state index contributed by atoms with van der Waals surface area (Å²) in [6.45, 7) is 3.08. The highest BCUT2D eigenvalue weighted by atomic mass is 16.5. The van der Waals surface area contributed by atoms with E-state index < -0.39 is 6.09 Å². The van der Waals surface area contributed by atoms with E-state index in [2.05, 4.69) is 6.07 Å². The second-order valence-electron chi connectivity index (χ2n) is 7.19. The van der Waals surface area contributed by atoms with Gasteiger partial charge in [0.05, 0.1) is 25.3 Å². The molecule has 1 amide bonds. The van der Waals surface area contributed by atoms with E-state index in [0.29, 0.717) is 16.8 Å². The molecule has 1 N–H and O–H groups in total. The molecule has 0 unspecified atom stereocenters. The summed E-state index contributed by atoms with van der Waals surface area (Å²) in [4.78, 5) is 11.4. The van der Waals surface area contributed by atoms with Crippen LogP contribution in [0, 0.1) is 11.3 Å². The van der Waals surface area contributed by atoms with Crippen molar-refractivity contribution in [1.82, 2.24) is 5.01 Å². The summed E-state index contributed by atoms with van der Waals surface area (Å²) < 4.78 is 6.37. The molecular weight excluding hydrogens is 354 g/mol. The zero-order valence-electron chi connectivity index (χ0n) is 16.2. The van der Waals surface area contributed by atoms with E-state index in [9.17, 15) is 9.90 Å². The molecule has 2 aromatic carbocycles. The minimum absolute atomic E-state index is 0.510. The molecule has 0 aliphatic carbocycles. The standard InChI is InChI=1S/C22H25N3O3/c1-24(22(26)27)25(13-2-3-14-25)15-4-16-28-21-11-9-20(10-12-21)19-7-5-18(17-23)6-8-19/h5-12H,2-4,13-16H2,1H3/p+1. The van der Waals surface area contributed by atoms with Gasteiger partial charge in [-0.15, -0.1) is 0 Å². The van der Waals surface area contributed by atoms with Crippen LogP contribution < -0.4 is 4.74 Å². The number of hydrogen-bond acceptors (Lipinski definition) is 3. The number of amides is 1. The number of hydrogen-bond donors (Lipinski definition) is 1. The van der Waals surface area contributed by atoms with Crippen molar-refractivity contribution in [3.63, 3.8) is 0 Å². The van der Waals surface area contributed by atoms with E-state index >= 15 is 0 Å². The van der Waals surface area contributed by atoms with Crippen LogP contribution in [0.3, 0.4) is 0 Å². The van der Waals surface area contributed by atoms with Gasteiger partial charge >= 0.3 is 6.09 Å². The predicted octanol–water partition coefficient (Wildman–Crippen LogP) is 4.13. The summed E-state index contributed by atoms with van der Waals surface area (Å²) in [6.07, 6.45) is 2.06. The lowest BCUT2D eigenvalue weighted by atomic mass is 10.0. The molecule has 1 aliphatic rings. The number of nitriles is 1. The van der Waals surface area contributed by atoms with Gasteiger partial charge in [-0.2, -0.15) is 10.3 Å². The topological polar surface area (TPSA) is 73.6 Å². The van der Waals surface area contributed by atoms with Gasteiger partial charge in [0.25, 0.3) is 0 Å². The van der Waals surface area contributed by atoms with Crippen molar-refractivity contribution < 1.29 is 19.2 Å². The molecule has 0 spiro atoms. The quantitative estimate of drug-likeness (QED) is 0.579. The highest BCUT2D eigenvalue weighted by molar-refractivity contribution is 5.65. The monoisotopic (exact) mass is 380 g/mol. The van der Waals surface area contributed by atoms with Gasteiger partial charge in [0, 0.05) is 19.3 Å². The zero-order valence-corrected chi connectivity index (χ0v) is 16.2. The third-order valence-corrected chi connectivity index (χ3v) is 5.50. The Morgan fingerprint density at radius 3 is 2.21 bits per heavy atom. The third-order valence-electron chi connectivity index (χ3n) is 5.50. The summed E-state index contributed by atoms with van der Waals surface area (Å²) in [5.41, 5.74) is 2.78. The fourth-order valence-electron chi connectivity index (χ4n) is 3.81. The van der Waals surface area contributed by atoms with Crippen LogP contribution in [0.15, 0.2) is 48.5 Å². The molecule has 0 bridgehead atoms. The van der Waals surface area contributed by atoms with Crippen molar-refractivity contribution in [2.45, 2.75) is 19.3 Å². The normalized spacial score (nSPS) is 15.0. The lowest BCUT2D eigenvalue weighted by molar-refractivity contribution is -1.01. The van der Waals surface area contributed by atoms with Crippen molar-refractivity contribution in [1.29, 1.82) is 5.26 Å². The first kappa shape index (κ1) is 19.7. The highest BCUT2D eigenvalue weighted by Gasteiger charge is 2.39. The molecule has 1 saturated heterocycles. The van der Waals surface area contributed by atoms with Gasteiger partial charge in [0.15, 0.2) is 0 Å². The highest BCUT2D eigenvalue weighted by Crippen LogP contribution is 2.24. The van der Waals surface area contributed by atoms with Crippen LogP contribution >= 0.6 is 0 Å². The van der Waals surface area contributed by atoms with E-state index in [4.69, 9.17) is 10.00 Å². The Labute approximate surface area is 165 Å². The van der Waals surface area contributed by atoms with Gasteiger partial charge < -0.3 is 9.84 Å². The van der Waals surface area contributed by atoms with Gasteiger partial charge in [0.2, 0.25) is 0 Å². The minimum atomic E-state index is -0.874. The summed E-state index contributed by atoms with van der Waals surface area (Å²) >= 11 is 0. The van der Waals surface area contributed by atoms with E-state index in [-0.39, 0.29) is 0 Å². The summed E-state index contributed by atoms with van der Waals surface area (Å²) in [5.74, 6) is 0.803. The SMILES string of the molecule is CN(C(=O)O)[N+]1(CCCOc2ccc(-c3ccc(C#N)cc3)cc2)CCCC1. The molecule has 28 heavy (non-hydrogen) atoms. The molecule has 0 radical (unpaired) electrons. The molecule has 6 nitrogen and oxygen atoms in total. The number of carboxylic acid groups (broad SMARTS) is 1. The van der Waals surface area contributed by atoms with Crippen LogP contribution in [0.1, 0.15) is 24.8 Å². The average molecular weight is 380 g/mol. The molecular formula is C22H26N3O3+. The van der Waals surface area contributed by atoms with Crippen molar-refractivity contribution in [3.05, 3.63) is 54.1 Å². The van der Waals surface area contributed by atoms with Crippen molar-refractivity contribution in [2.24, 2.45) is 0 Å². The van der Waals surface area contributed by atoms with Gasteiger partial charge in [-0.25, -0.2) is 9.39 Å². The van der Waals surface area contributed by atoms with Crippen LogP contribution in [0.4, 0.5) is 4.79 Å². The summed E-state index contributed by atoms with van der Waals surface area (Å²) in [7, 11) is 1.66. The zero-order chi connectivity index (χ0) is 20.0. The number of quaternary nitrogens is 1. The predicted molar refractivity (Wildman–Crippen MR) is 107 cm³/mol. The van der Waals surface area contributed by atoms with E-state index in [1.165, 1.54) is 5.01 Å². The largest absolute Gasteiger partial charge is 0.493 e. The summed E-state index contributed by atoms with van der Waals surface area (Å²) in [5, 5.41) is 19.7. The maximum absolute atomic E-state index is 11.4. The number of carbonyl (C=O) groups is 1. The Balaban J connectivity index is 1.52. The first-order valence-electron chi connectivity index (χ1n) is 9.61. The molecule has 3 rings (SSSR count). The molecule has 0 atom stereocenters. The average Bonchev–Trinajstić information content (AvgIpc) is 3.21. The number of rotatable bonds is 7. The lowest BCUT2D eigenvalue weighted by Crippen LogP contribution is -2.59. The number of nitrogens with zero attached hydrogens (tertiary/aromatic N) is 3. The Morgan fingerprint density at radius 1 is 1.11 bits per heavy atom. The molecule has 2 aromatic rings. The van der Waals surface area contributed by atoms with Crippen molar-refractivity contribution in [2.75, 3.05) is 33.3 Å². The maximum atomic E-state index is 11.4. The summed E-state index contributed by atoms with van der Waals surface area (Å²) in [6, 6.07) is 17.5. The van der Waals surface area contributed by atoms with Gasteiger partial charge in [0.1, 0.15) is 25.4 Å². The second kappa shape index (κ2) is 8.77. The maximum Gasteiger partial charge on any atom is 0.451 e. The molecule has 146 valence electrons. The van der Waals surface area contributed by atoms with Gasteiger partial charge in [-0.05, 0) is 35.4 Å². The fourth-order valence-corrected chi connectivity index (χ4v) is 3.81. The molecule has 6 heteroatoms. The lowest BCUT2D eigenvalue weighted by Gasteiger charge is -2.38. The molecule has 1 heterocycles. The fraction of sp³-hybridized carbons (Fsp3) is 0.364. The Morgan fingerprint density at radius 2 is 1.68 bits per heavy atom. The second-order valence-corrected chi connectivity index (χ2v) is 7.19. The van der Waals surface area contributed by atoms with E-state index in [0.717, 1.165) is 55.8 Å². The third kappa shape index (κ3) is 4.44.